The van der Waals surface area contributed by atoms with Crippen LogP contribution in [0, 0.1) is 0 Å². The molecule has 2 aliphatic heterocycles. The van der Waals surface area contributed by atoms with Gasteiger partial charge in [-0.15, -0.1) is 0 Å². The predicted molar refractivity (Wildman–Crippen MR) is 126 cm³/mol. The minimum atomic E-state index is -0.932. The van der Waals surface area contributed by atoms with Crippen molar-refractivity contribution in [2.24, 2.45) is 0 Å². The summed E-state index contributed by atoms with van der Waals surface area (Å²) in [6, 6.07) is 12.3. The zero-order valence-electron chi connectivity index (χ0n) is 17.7. The number of amides is 1. The Balaban J connectivity index is 1.66. The molecule has 2 aliphatic rings. The smallest absolute Gasteiger partial charge is 0.295 e. The van der Waals surface area contributed by atoms with Crippen LogP contribution in [-0.2, 0) is 16.1 Å². The van der Waals surface area contributed by atoms with Crippen LogP contribution >= 0.6 is 23.2 Å². The second-order valence-corrected chi connectivity index (χ2v) is 8.66. The number of fused-ring (bicyclic) bond motifs is 1. The van der Waals surface area contributed by atoms with Gasteiger partial charge in [0, 0.05) is 34.5 Å². The molecule has 2 aromatic carbocycles. The van der Waals surface area contributed by atoms with E-state index in [9.17, 15) is 14.7 Å². The van der Waals surface area contributed by atoms with Crippen LogP contribution in [0.3, 0.4) is 0 Å². The molecule has 1 aromatic heterocycles. The fourth-order valence-electron chi connectivity index (χ4n) is 4.12. The maximum atomic E-state index is 13.2. The van der Waals surface area contributed by atoms with Crippen LogP contribution in [0.25, 0.3) is 5.76 Å². The molecule has 1 N–H and O–H groups in total. The van der Waals surface area contributed by atoms with Gasteiger partial charge in [0.2, 0.25) is 0 Å². The number of ketones is 1. The van der Waals surface area contributed by atoms with Crippen molar-refractivity contribution in [3.05, 3.63) is 93.2 Å². The van der Waals surface area contributed by atoms with Crippen LogP contribution in [0.5, 0.6) is 11.5 Å². The molecular weight excluding hydrogens is 479 g/mol. The lowest BCUT2D eigenvalue weighted by molar-refractivity contribution is -0.140. The highest BCUT2D eigenvalue weighted by atomic mass is 35.5. The Hall–Kier alpha value is -3.55. The van der Waals surface area contributed by atoms with E-state index >= 15 is 0 Å². The van der Waals surface area contributed by atoms with E-state index in [0.717, 1.165) is 5.56 Å². The Kier molecular flexibility index (Phi) is 5.89. The molecule has 0 aliphatic carbocycles. The molecule has 1 amide bonds. The summed E-state index contributed by atoms with van der Waals surface area (Å²) in [5, 5.41) is 11.9. The van der Waals surface area contributed by atoms with E-state index in [1.54, 1.807) is 54.9 Å². The van der Waals surface area contributed by atoms with Crippen molar-refractivity contribution in [2.75, 3.05) is 13.2 Å². The number of benzene rings is 2. The number of hydrogen-bond acceptors (Lipinski definition) is 6. The Morgan fingerprint density at radius 1 is 1.06 bits per heavy atom. The average Bonchev–Trinajstić information content (AvgIpc) is 3.09. The molecule has 7 nitrogen and oxygen atoms in total. The molecule has 1 atom stereocenters. The lowest BCUT2D eigenvalue weighted by Gasteiger charge is -2.26. The standard InChI is InChI=1S/C25H18Cl2N2O5/c26-16-4-5-17(18(27)11-16)22-21(23(30)15-3-6-19-20(10-15)34-9-8-33-19)24(31)25(32)29(22)13-14-2-1-7-28-12-14/h1-7,10-12,22,30H,8-9,13H2/b23-21-. The number of ether oxygens (including phenoxy) is 2. The zero-order chi connectivity index (χ0) is 23.8. The molecule has 0 saturated carbocycles. The number of nitrogens with zero attached hydrogens (tertiary/aromatic N) is 2. The molecule has 1 saturated heterocycles. The Morgan fingerprint density at radius 2 is 1.85 bits per heavy atom. The summed E-state index contributed by atoms with van der Waals surface area (Å²) in [4.78, 5) is 31.8. The van der Waals surface area contributed by atoms with Crippen molar-refractivity contribution >= 4 is 40.7 Å². The third kappa shape index (κ3) is 3.97. The van der Waals surface area contributed by atoms with Gasteiger partial charge in [-0.05, 0) is 47.5 Å². The van der Waals surface area contributed by atoms with E-state index in [0.29, 0.717) is 40.9 Å². The Labute approximate surface area is 205 Å². The summed E-state index contributed by atoms with van der Waals surface area (Å²) in [5.74, 6) is -0.913. The van der Waals surface area contributed by atoms with Gasteiger partial charge in [-0.3, -0.25) is 14.6 Å². The molecule has 9 heteroatoms. The number of hydrogen-bond donors (Lipinski definition) is 1. The normalized spacial score (nSPS) is 18.9. The summed E-state index contributed by atoms with van der Waals surface area (Å²) < 4.78 is 11.1. The number of aliphatic hydroxyl groups is 1. The van der Waals surface area contributed by atoms with Gasteiger partial charge in [-0.1, -0.05) is 35.3 Å². The summed E-state index contributed by atoms with van der Waals surface area (Å²) >= 11 is 12.6. The highest BCUT2D eigenvalue weighted by Crippen LogP contribution is 2.44. The predicted octanol–water partition coefficient (Wildman–Crippen LogP) is 4.78. The minimum absolute atomic E-state index is 0.0743. The van der Waals surface area contributed by atoms with E-state index in [-0.39, 0.29) is 22.9 Å². The Bertz CT molecular complexity index is 1330. The first kappa shape index (κ1) is 22.3. The molecule has 3 aromatic rings. The van der Waals surface area contributed by atoms with Crippen molar-refractivity contribution < 1.29 is 24.2 Å². The first-order valence-corrected chi connectivity index (χ1v) is 11.2. The van der Waals surface area contributed by atoms with Gasteiger partial charge in [0.1, 0.15) is 19.0 Å². The third-order valence-electron chi connectivity index (χ3n) is 5.69. The lowest BCUT2D eigenvalue weighted by atomic mass is 9.95. The molecule has 0 bridgehead atoms. The number of pyridine rings is 1. The van der Waals surface area contributed by atoms with Crippen LogP contribution in [0.4, 0.5) is 0 Å². The average molecular weight is 497 g/mol. The molecule has 0 spiro atoms. The molecule has 1 fully saturated rings. The topological polar surface area (TPSA) is 89.0 Å². The number of Topliss-reactive ketones (excluding diaryl/α,β-unsaturated/α-hetero) is 1. The van der Waals surface area contributed by atoms with E-state index in [4.69, 9.17) is 32.7 Å². The largest absolute Gasteiger partial charge is 0.507 e. The molecular formula is C25H18Cl2N2O5. The minimum Gasteiger partial charge on any atom is -0.507 e. The summed E-state index contributed by atoms with van der Waals surface area (Å²) in [5.41, 5.74) is 1.43. The van der Waals surface area contributed by atoms with Crippen molar-refractivity contribution in [2.45, 2.75) is 12.6 Å². The van der Waals surface area contributed by atoms with Gasteiger partial charge < -0.3 is 19.5 Å². The number of halogens is 2. The van der Waals surface area contributed by atoms with Crippen LogP contribution in [0.2, 0.25) is 10.0 Å². The van der Waals surface area contributed by atoms with Gasteiger partial charge >= 0.3 is 0 Å². The highest BCUT2D eigenvalue weighted by molar-refractivity contribution is 6.47. The van der Waals surface area contributed by atoms with Crippen molar-refractivity contribution in [1.29, 1.82) is 0 Å². The third-order valence-corrected chi connectivity index (χ3v) is 6.25. The maximum Gasteiger partial charge on any atom is 0.295 e. The summed E-state index contributed by atoms with van der Waals surface area (Å²) in [6.07, 6.45) is 3.23. The van der Waals surface area contributed by atoms with Gasteiger partial charge in [0.05, 0.1) is 11.6 Å². The summed E-state index contributed by atoms with van der Waals surface area (Å²) in [7, 11) is 0. The fraction of sp³-hybridized carbons (Fsp3) is 0.160. The first-order valence-electron chi connectivity index (χ1n) is 10.5. The monoisotopic (exact) mass is 496 g/mol. The van der Waals surface area contributed by atoms with Crippen LogP contribution in [-0.4, -0.2) is 39.9 Å². The van der Waals surface area contributed by atoms with Crippen molar-refractivity contribution in [1.82, 2.24) is 9.88 Å². The first-order chi connectivity index (χ1) is 16.4. The molecule has 3 heterocycles. The number of likely N-dealkylation sites (tertiary alicyclic amines) is 1. The molecule has 0 radical (unpaired) electrons. The highest BCUT2D eigenvalue weighted by Gasteiger charge is 2.46. The quantitative estimate of drug-likeness (QED) is 0.317. The van der Waals surface area contributed by atoms with E-state index in [2.05, 4.69) is 4.98 Å². The van der Waals surface area contributed by atoms with Crippen molar-refractivity contribution in [3.63, 3.8) is 0 Å². The number of aliphatic hydroxyl groups excluding tert-OH is 1. The SMILES string of the molecule is O=C1C(=O)N(Cc2cccnc2)C(c2ccc(Cl)cc2Cl)/C1=C(/O)c1ccc2c(c1)OCCO2. The zero-order valence-corrected chi connectivity index (χ0v) is 19.2. The van der Waals surface area contributed by atoms with Crippen LogP contribution in [0.15, 0.2) is 66.5 Å². The van der Waals surface area contributed by atoms with Gasteiger partial charge in [-0.25, -0.2) is 0 Å². The van der Waals surface area contributed by atoms with E-state index in [1.165, 1.54) is 11.0 Å². The molecule has 1 unspecified atom stereocenters. The maximum absolute atomic E-state index is 13.2. The van der Waals surface area contributed by atoms with Gasteiger partial charge in [0.15, 0.2) is 11.5 Å². The number of carbonyl (C=O) groups is 2. The van der Waals surface area contributed by atoms with E-state index < -0.39 is 17.7 Å². The molecule has 5 rings (SSSR count). The molecule has 34 heavy (non-hydrogen) atoms. The van der Waals surface area contributed by atoms with Gasteiger partial charge in [0.25, 0.3) is 11.7 Å². The fourth-order valence-corrected chi connectivity index (χ4v) is 4.64. The lowest BCUT2D eigenvalue weighted by Crippen LogP contribution is -2.29. The number of rotatable bonds is 4. The van der Waals surface area contributed by atoms with Crippen molar-refractivity contribution in [3.8, 4) is 11.5 Å². The van der Waals surface area contributed by atoms with Crippen LogP contribution in [0.1, 0.15) is 22.7 Å². The molecule has 172 valence electrons. The van der Waals surface area contributed by atoms with E-state index in [1.807, 2.05) is 0 Å². The van der Waals surface area contributed by atoms with Gasteiger partial charge in [-0.2, -0.15) is 0 Å². The second-order valence-electron chi connectivity index (χ2n) is 7.81. The number of aromatic nitrogens is 1. The van der Waals surface area contributed by atoms with Crippen LogP contribution < -0.4 is 9.47 Å². The second kappa shape index (κ2) is 9.00. The number of carbonyl (C=O) groups excluding carboxylic acids is 2. The summed E-state index contributed by atoms with van der Waals surface area (Å²) in [6.45, 7) is 0.889. The Morgan fingerprint density at radius 3 is 2.59 bits per heavy atom.